The third kappa shape index (κ3) is 2.98. The predicted octanol–water partition coefficient (Wildman–Crippen LogP) is 4.93. The highest BCUT2D eigenvalue weighted by Crippen LogP contribution is 2.42. The number of pyridine rings is 1. The lowest BCUT2D eigenvalue weighted by molar-refractivity contribution is -0.147. The summed E-state index contributed by atoms with van der Waals surface area (Å²) in [4.78, 5) is 3.61. The summed E-state index contributed by atoms with van der Waals surface area (Å²) < 4.78 is 90.1. The molecule has 2 aromatic rings. The van der Waals surface area contributed by atoms with Gasteiger partial charge in [-0.2, -0.15) is 26.3 Å². The maximum atomic E-state index is 13.7. The van der Waals surface area contributed by atoms with Crippen LogP contribution in [0.2, 0.25) is 0 Å². The van der Waals surface area contributed by atoms with Gasteiger partial charge in [-0.05, 0) is 18.2 Å². The first-order valence-corrected chi connectivity index (χ1v) is 5.50. The number of alkyl halides is 6. The van der Waals surface area contributed by atoms with Gasteiger partial charge in [0.15, 0.2) is 0 Å². The van der Waals surface area contributed by atoms with Gasteiger partial charge in [-0.1, -0.05) is 12.1 Å². The third-order valence-corrected chi connectivity index (χ3v) is 2.67. The van der Waals surface area contributed by atoms with Crippen molar-refractivity contribution in [3.05, 3.63) is 53.5 Å². The predicted molar refractivity (Wildman–Crippen MR) is 59.6 cm³/mol. The molecule has 0 atom stereocenters. The fourth-order valence-corrected chi connectivity index (χ4v) is 1.81. The van der Waals surface area contributed by atoms with Crippen LogP contribution in [0.15, 0.2) is 36.5 Å². The standard InChI is InChI=1S/C13H6F7N/c14-11-8(12(15,16)17)5-4-7(10(11)13(18,19)20)9-3-1-2-6-21-9/h1-6H. The number of rotatable bonds is 1. The average molecular weight is 309 g/mol. The van der Waals surface area contributed by atoms with Crippen molar-refractivity contribution in [2.24, 2.45) is 0 Å². The van der Waals surface area contributed by atoms with Crippen LogP contribution in [0.25, 0.3) is 11.3 Å². The molecule has 0 saturated carbocycles. The zero-order valence-electron chi connectivity index (χ0n) is 10.1. The number of hydrogen-bond acceptors (Lipinski definition) is 1. The van der Waals surface area contributed by atoms with Crippen LogP contribution in [0.1, 0.15) is 11.1 Å². The van der Waals surface area contributed by atoms with Crippen LogP contribution < -0.4 is 0 Å². The summed E-state index contributed by atoms with van der Waals surface area (Å²) in [7, 11) is 0. The Hall–Kier alpha value is -2.12. The fraction of sp³-hybridized carbons (Fsp3) is 0.154. The molecule has 0 fully saturated rings. The Balaban J connectivity index is 2.77. The third-order valence-electron chi connectivity index (χ3n) is 2.67. The molecule has 0 N–H and O–H groups in total. The molecule has 0 unspecified atom stereocenters. The summed E-state index contributed by atoms with van der Waals surface area (Å²) in [5.74, 6) is -2.35. The van der Waals surface area contributed by atoms with Gasteiger partial charge in [0, 0.05) is 11.8 Å². The van der Waals surface area contributed by atoms with Crippen molar-refractivity contribution in [1.82, 2.24) is 4.98 Å². The smallest absolute Gasteiger partial charge is 0.256 e. The van der Waals surface area contributed by atoms with E-state index in [0.717, 1.165) is 12.3 Å². The highest BCUT2D eigenvalue weighted by Gasteiger charge is 2.43. The minimum absolute atomic E-state index is 0.266. The van der Waals surface area contributed by atoms with E-state index in [1.807, 2.05) is 0 Å². The monoisotopic (exact) mass is 309 g/mol. The quantitative estimate of drug-likeness (QED) is 0.681. The van der Waals surface area contributed by atoms with Crippen LogP contribution in [0.5, 0.6) is 0 Å². The zero-order valence-corrected chi connectivity index (χ0v) is 10.1. The van der Waals surface area contributed by atoms with Crippen molar-refractivity contribution in [2.75, 3.05) is 0 Å². The second-order valence-corrected chi connectivity index (χ2v) is 4.06. The largest absolute Gasteiger partial charge is 0.419 e. The first-order valence-electron chi connectivity index (χ1n) is 5.50. The van der Waals surface area contributed by atoms with E-state index in [4.69, 9.17) is 0 Å². The molecular formula is C13H6F7N. The Kier molecular flexibility index (Phi) is 3.65. The van der Waals surface area contributed by atoms with E-state index in [0.29, 0.717) is 6.07 Å². The van der Waals surface area contributed by atoms with E-state index in [1.54, 1.807) is 0 Å². The highest BCUT2D eigenvalue weighted by atomic mass is 19.4. The topological polar surface area (TPSA) is 12.9 Å². The van der Waals surface area contributed by atoms with Crippen LogP contribution in [-0.4, -0.2) is 4.98 Å². The molecule has 0 aliphatic rings. The highest BCUT2D eigenvalue weighted by molar-refractivity contribution is 5.65. The summed E-state index contributed by atoms with van der Waals surface area (Å²) in [6.07, 6.45) is -9.34. The lowest BCUT2D eigenvalue weighted by Crippen LogP contribution is -2.17. The van der Waals surface area contributed by atoms with Crippen molar-refractivity contribution >= 4 is 0 Å². The van der Waals surface area contributed by atoms with Crippen molar-refractivity contribution in [1.29, 1.82) is 0 Å². The molecule has 1 aromatic heterocycles. The van der Waals surface area contributed by atoms with Crippen molar-refractivity contribution < 1.29 is 30.7 Å². The summed E-state index contributed by atoms with van der Waals surface area (Å²) >= 11 is 0. The average Bonchev–Trinajstić information content (AvgIpc) is 2.36. The first-order chi connectivity index (χ1) is 9.62. The van der Waals surface area contributed by atoms with Gasteiger partial charge in [-0.3, -0.25) is 4.98 Å². The van der Waals surface area contributed by atoms with Gasteiger partial charge >= 0.3 is 12.4 Å². The van der Waals surface area contributed by atoms with Crippen molar-refractivity contribution in [3.8, 4) is 11.3 Å². The molecular weight excluding hydrogens is 303 g/mol. The minimum atomic E-state index is -5.28. The molecule has 0 radical (unpaired) electrons. The molecule has 0 bridgehead atoms. The zero-order chi connectivity index (χ0) is 15.8. The molecule has 0 aliphatic carbocycles. The van der Waals surface area contributed by atoms with Crippen molar-refractivity contribution in [2.45, 2.75) is 12.4 Å². The van der Waals surface area contributed by atoms with E-state index in [1.165, 1.54) is 12.1 Å². The molecule has 8 heteroatoms. The van der Waals surface area contributed by atoms with Gasteiger partial charge in [0.1, 0.15) is 11.4 Å². The molecule has 1 heterocycles. The number of halogens is 7. The normalized spacial score (nSPS) is 12.5. The van der Waals surface area contributed by atoms with Gasteiger partial charge in [-0.15, -0.1) is 0 Å². The van der Waals surface area contributed by atoms with Gasteiger partial charge in [0.05, 0.1) is 11.3 Å². The van der Waals surface area contributed by atoms with Crippen LogP contribution in [0, 0.1) is 5.82 Å². The summed E-state index contributed by atoms with van der Waals surface area (Å²) in [5, 5.41) is 0. The minimum Gasteiger partial charge on any atom is -0.256 e. The Labute approximate surface area is 114 Å². The lowest BCUT2D eigenvalue weighted by Gasteiger charge is -2.17. The Bertz CT molecular complexity index is 644. The molecule has 0 aliphatic heterocycles. The molecule has 0 amide bonds. The van der Waals surface area contributed by atoms with E-state index in [9.17, 15) is 30.7 Å². The summed E-state index contributed by atoms with van der Waals surface area (Å²) in [6.45, 7) is 0. The molecule has 1 nitrogen and oxygen atoms in total. The molecule has 0 spiro atoms. The Morgan fingerprint density at radius 2 is 1.48 bits per heavy atom. The van der Waals surface area contributed by atoms with Gasteiger partial charge in [0.2, 0.25) is 0 Å². The number of aromatic nitrogens is 1. The van der Waals surface area contributed by atoms with E-state index >= 15 is 0 Å². The second kappa shape index (κ2) is 5.01. The first kappa shape index (κ1) is 15.3. The lowest BCUT2D eigenvalue weighted by atomic mass is 9.99. The molecule has 1 aromatic carbocycles. The van der Waals surface area contributed by atoms with Crippen LogP contribution >= 0.6 is 0 Å². The number of benzene rings is 1. The Morgan fingerprint density at radius 3 is 1.95 bits per heavy atom. The fourth-order valence-electron chi connectivity index (χ4n) is 1.81. The second-order valence-electron chi connectivity index (χ2n) is 4.06. The molecule has 0 saturated heterocycles. The molecule has 2 rings (SSSR count). The Morgan fingerprint density at radius 1 is 0.810 bits per heavy atom. The van der Waals surface area contributed by atoms with Gasteiger partial charge < -0.3 is 0 Å². The van der Waals surface area contributed by atoms with Gasteiger partial charge in [-0.25, -0.2) is 4.39 Å². The van der Waals surface area contributed by atoms with E-state index in [-0.39, 0.29) is 11.8 Å². The maximum absolute atomic E-state index is 13.7. The van der Waals surface area contributed by atoms with E-state index in [2.05, 4.69) is 4.98 Å². The SMILES string of the molecule is Fc1c(C(F)(F)F)ccc(-c2ccccn2)c1C(F)(F)F. The van der Waals surface area contributed by atoms with Crippen LogP contribution in [-0.2, 0) is 12.4 Å². The van der Waals surface area contributed by atoms with Crippen molar-refractivity contribution in [3.63, 3.8) is 0 Å². The molecule has 112 valence electrons. The summed E-state index contributed by atoms with van der Waals surface area (Å²) in [5.41, 5.74) is -4.95. The van der Waals surface area contributed by atoms with E-state index < -0.39 is 34.9 Å². The molecule has 21 heavy (non-hydrogen) atoms. The van der Waals surface area contributed by atoms with Crippen LogP contribution in [0.4, 0.5) is 30.7 Å². The summed E-state index contributed by atoms with van der Waals surface area (Å²) in [6, 6.07) is 4.75. The number of hydrogen-bond donors (Lipinski definition) is 0. The maximum Gasteiger partial charge on any atom is 0.419 e. The van der Waals surface area contributed by atoms with Gasteiger partial charge in [0.25, 0.3) is 0 Å². The van der Waals surface area contributed by atoms with Crippen LogP contribution in [0.3, 0.4) is 0 Å². The number of nitrogens with zero attached hydrogens (tertiary/aromatic N) is 1.